The second-order valence-electron chi connectivity index (χ2n) is 8.23. The van der Waals surface area contributed by atoms with Gasteiger partial charge in [0.1, 0.15) is 5.75 Å². The number of rotatable bonds is 6. The van der Waals surface area contributed by atoms with E-state index in [0.717, 1.165) is 0 Å². The van der Waals surface area contributed by atoms with Crippen molar-refractivity contribution in [3.63, 3.8) is 0 Å². The van der Waals surface area contributed by atoms with Crippen LogP contribution in [0.25, 0.3) is 11.3 Å². The minimum absolute atomic E-state index is 0.0551. The fourth-order valence-electron chi connectivity index (χ4n) is 4.08. The number of ether oxygens (including phenoxy) is 1. The van der Waals surface area contributed by atoms with Crippen molar-refractivity contribution in [1.29, 1.82) is 0 Å². The van der Waals surface area contributed by atoms with Gasteiger partial charge >= 0.3 is 6.18 Å². The molecule has 0 unspecified atom stereocenters. The number of carbonyl (C=O) groups is 1. The van der Waals surface area contributed by atoms with Crippen LogP contribution in [0.4, 0.5) is 17.6 Å². The van der Waals surface area contributed by atoms with Crippen LogP contribution >= 0.6 is 0 Å². The van der Waals surface area contributed by atoms with Gasteiger partial charge < -0.3 is 9.64 Å². The van der Waals surface area contributed by atoms with Crippen LogP contribution in [0.1, 0.15) is 34.6 Å². The summed E-state index contributed by atoms with van der Waals surface area (Å²) < 4.78 is 60.8. The molecule has 1 amide bonds. The topological polar surface area (TPSA) is 55.3 Å². The third-order valence-corrected chi connectivity index (χ3v) is 6.08. The lowest BCUT2D eigenvalue weighted by molar-refractivity contribution is -0.198. The first kappa shape index (κ1) is 23.7. The molecule has 34 heavy (non-hydrogen) atoms. The summed E-state index contributed by atoms with van der Waals surface area (Å²) in [7, 11) is 0. The fraction of sp³-hybridized carbons (Fsp3) is 0.320. The lowest BCUT2D eigenvalue weighted by Crippen LogP contribution is -2.58. The summed E-state index contributed by atoms with van der Waals surface area (Å²) in [6.07, 6.45) is -4.09. The molecule has 1 aliphatic rings. The third-order valence-electron chi connectivity index (χ3n) is 6.08. The van der Waals surface area contributed by atoms with Crippen molar-refractivity contribution in [2.24, 2.45) is 5.92 Å². The van der Waals surface area contributed by atoms with Crippen LogP contribution in [0.2, 0.25) is 0 Å². The number of likely N-dealkylation sites (tertiary alicyclic amines) is 1. The summed E-state index contributed by atoms with van der Waals surface area (Å²) in [5.41, 5.74) is 1.01. The predicted molar refractivity (Wildman–Crippen MR) is 118 cm³/mol. The number of nitrogens with zero attached hydrogens (tertiary/aromatic N) is 3. The van der Waals surface area contributed by atoms with Gasteiger partial charge in [0.15, 0.2) is 0 Å². The number of hydrogen-bond donors (Lipinski definition) is 0. The van der Waals surface area contributed by atoms with Crippen molar-refractivity contribution in [3.8, 4) is 17.0 Å². The molecular weight excluding hydrogens is 450 g/mol. The molecule has 0 aliphatic carbocycles. The zero-order valence-corrected chi connectivity index (χ0v) is 18.6. The Kier molecular flexibility index (Phi) is 6.54. The Balaban J connectivity index is 1.83. The van der Waals surface area contributed by atoms with Crippen LogP contribution in [-0.2, 0) is 0 Å². The standard InChI is InChI=1S/C25H23F4N3O2/c1-15-22(31-12-11-30-15)19-9-6-10-20(21(19)24(33)32-14-18(13-26)16(32)2)34-23(25(27,28)29)17-7-4-3-5-8-17/h3-12,16,18,23H,13-14H2,1-2H3/t16-,18-,23+/m0/s1. The lowest BCUT2D eigenvalue weighted by Gasteiger charge is -2.45. The minimum atomic E-state index is -4.73. The summed E-state index contributed by atoms with van der Waals surface area (Å²) in [5.74, 6) is -1.08. The van der Waals surface area contributed by atoms with Gasteiger partial charge in [-0.15, -0.1) is 0 Å². The Hall–Kier alpha value is -3.49. The van der Waals surface area contributed by atoms with Gasteiger partial charge in [-0.05, 0) is 19.9 Å². The van der Waals surface area contributed by atoms with Crippen LogP contribution in [0.5, 0.6) is 5.75 Å². The number of alkyl halides is 4. The van der Waals surface area contributed by atoms with Crippen LogP contribution in [0, 0.1) is 12.8 Å². The molecular formula is C25H23F4N3O2. The van der Waals surface area contributed by atoms with Gasteiger partial charge in [0.05, 0.1) is 23.6 Å². The SMILES string of the molecule is Cc1nccnc1-c1cccc(O[C@H](c2ccccc2)C(F)(F)F)c1C(=O)N1C[C@H](CF)[C@@H]1C. The zero-order chi connectivity index (χ0) is 24.5. The van der Waals surface area contributed by atoms with E-state index in [1.165, 1.54) is 53.7 Å². The van der Waals surface area contributed by atoms with E-state index in [-0.39, 0.29) is 29.3 Å². The first-order valence-corrected chi connectivity index (χ1v) is 10.8. The van der Waals surface area contributed by atoms with E-state index < -0.39 is 30.9 Å². The van der Waals surface area contributed by atoms with Gasteiger partial charge in [0.2, 0.25) is 6.10 Å². The average Bonchev–Trinajstić information content (AvgIpc) is 2.81. The minimum Gasteiger partial charge on any atom is -0.475 e. The Morgan fingerprint density at radius 2 is 1.82 bits per heavy atom. The Labute approximate surface area is 194 Å². The summed E-state index contributed by atoms with van der Waals surface area (Å²) in [5, 5.41) is 0. The van der Waals surface area contributed by atoms with E-state index in [1.807, 2.05) is 0 Å². The Morgan fingerprint density at radius 1 is 1.12 bits per heavy atom. The fourth-order valence-corrected chi connectivity index (χ4v) is 4.08. The smallest absolute Gasteiger partial charge is 0.429 e. The number of benzene rings is 2. The molecule has 178 valence electrons. The summed E-state index contributed by atoms with van der Waals surface area (Å²) in [6, 6.07) is 11.3. The molecule has 1 aliphatic heterocycles. The molecule has 4 rings (SSSR count). The highest BCUT2D eigenvalue weighted by molar-refractivity contribution is 6.04. The van der Waals surface area contributed by atoms with Crippen LogP contribution < -0.4 is 4.74 Å². The maximum absolute atomic E-state index is 14.0. The molecule has 3 atom stereocenters. The summed E-state index contributed by atoms with van der Waals surface area (Å²) >= 11 is 0. The molecule has 5 nitrogen and oxygen atoms in total. The molecule has 9 heteroatoms. The quantitative estimate of drug-likeness (QED) is 0.440. The van der Waals surface area contributed by atoms with Crippen molar-refractivity contribution in [1.82, 2.24) is 14.9 Å². The van der Waals surface area contributed by atoms with Crippen molar-refractivity contribution >= 4 is 5.91 Å². The van der Waals surface area contributed by atoms with Gasteiger partial charge in [-0.1, -0.05) is 42.5 Å². The Bertz CT molecular complexity index is 1170. The number of aryl methyl sites for hydroxylation is 1. The first-order valence-electron chi connectivity index (χ1n) is 10.8. The van der Waals surface area contributed by atoms with Gasteiger partial charge in [-0.3, -0.25) is 19.2 Å². The summed E-state index contributed by atoms with van der Waals surface area (Å²) in [6.45, 7) is 3.00. The third kappa shape index (κ3) is 4.47. The lowest BCUT2D eigenvalue weighted by atomic mass is 9.89. The normalized spacial score (nSPS) is 18.8. The maximum Gasteiger partial charge on any atom is 0.429 e. The monoisotopic (exact) mass is 473 g/mol. The number of halogens is 4. The molecule has 2 heterocycles. The maximum atomic E-state index is 14.0. The number of carbonyl (C=O) groups excluding carboxylic acids is 1. The van der Waals surface area contributed by atoms with Crippen LogP contribution in [-0.4, -0.2) is 46.2 Å². The van der Waals surface area contributed by atoms with Gasteiger partial charge in [0.25, 0.3) is 5.91 Å². The van der Waals surface area contributed by atoms with E-state index in [0.29, 0.717) is 17.0 Å². The van der Waals surface area contributed by atoms with E-state index >= 15 is 0 Å². The molecule has 1 saturated heterocycles. The molecule has 2 aromatic carbocycles. The number of aromatic nitrogens is 2. The van der Waals surface area contributed by atoms with Crippen LogP contribution in [0.15, 0.2) is 60.9 Å². The zero-order valence-electron chi connectivity index (χ0n) is 18.6. The largest absolute Gasteiger partial charge is 0.475 e. The highest BCUT2D eigenvalue weighted by Crippen LogP contribution is 2.41. The highest BCUT2D eigenvalue weighted by atomic mass is 19.4. The van der Waals surface area contributed by atoms with E-state index in [9.17, 15) is 22.4 Å². The molecule has 1 aromatic heterocycles. The second-order valence-corrected chi connectivity index (χ2v) is 8.23. The predicted octanol–water partition coefficient (Wildman–Crippen LogP) is 5.56. The van der Waals surface area contributed by atoms with Crippen molar-refractivity contribution < 1.29 is 27.1 Å². The second kappa shape index (κ2) is 9.40. The first-order chi connectivity index (χ1) is 16.2. The van der Waals surface area contributed by atoms with Crippen molar-refractivity contribution in [3.05, 3.63) is 77.7 Å². The van der Waals surface area contributed by atoms with E-state index in [2.05, 4.69) is 9.97 Å². The highest BCUT2D eigenvalue weighted by Gasteiger charge is 2.45. The van der Waals surface area contributed by atoms with Gasteiger partial charge in [-0.2, -0.15) is 13.2 Å². The number of amides is 1. The van der Waals surface area contributed by atoms with Crippen LogP contribution in [0.3, 0.4) is 0 Å². The molecule has 0 bridgehead atoms. The molecule has 0 N–H and O–H groups in total. The van der Waals surface area contributed by atoms with Gasteiger partial charge in [-0.25, -0.2) is 0 Å². The molecule has 3 aromatic rings. The van der Waals surface area contributed by atoms with Crippen molar-refractivity contribution in [2.75, 3.05) is 13.2 Å². The molecule has 0 saturated carbocycles. The van der Waals surface area contributed by atoms with Gasteiger partial charge in [0, 0.05) is 42.0 Å². The molecule has 0 radical (unpaired) electrons. The molecule has 1 fully saturated rings. The van der Waals surface area contributed by atoms with E-state index in [1.54, 1.807) is 26.0 Å². The average molecular weight is 473 g/mol. The Morgan fingerprint density at radius 3 is 2.44 bits per heavy atom. The van der Waals surface area contributed by atoms with Crippen molar-refractivity contribution in [2.45, 2.75) is 32.2 Å². The van der Waals surface area contributed by atoms with E-state index in [4.69, 9.17) is 4.74 Å². The molecule has 0 spiro atoms. The summed E-state index contributed by atoms with van der Waals surface area (Å²) in [4.78, 5) is 23.5. The number of hydrogen-bond acceptors (Lipinski definition) is 4.